The second-order valence-electron chi connectivity index (χ2n) is 6.20. The van der Waals surface area contributed by atoms with Crippen LogP contribution in [0.5, 0.6) is 0 Å². The van der Waals surface area contributed by atoms with E-state index >= 15 is 0 Å². The maximum absolute atomic E-state index is 13.2. The van der Waals surface area contributed by atoms with Crippen LogP contribution in [0.1, 0.15) is 34.7 Å². The summed E-state index contributed by atoms with van der Waals surface area (Å²) in [6.07, 6.45) is 1.32. The minimum absolute atomic E-state index is 0.0877. The molecule has 2 aromatic heterocycles. The molecule has 0 aliphatic heterocycles. The fraction of sp³-hybridized carbons (Fsp3) is 0.222. The number of carboxylic acid groups (broad SMARTS) is 1. The SMILES string of the molecule is Cc1cc(NC(=O)C(C)n2nccc2C(=O)O)nn1Cc1ccc(F)cc1Cl. The zero-order chi connectivity index (χ0) is 20.4. The average molecular weight is 406 g/mol. The summed E-state index contributed by atoms with van der Waals surface area (Å²) in [6, 6.07) is 6.25. The number of hydrogen-bond acceptors (Lipinski definition) is 4. The second kappa shape index (κ2) is 7.81. The van der Waals surface area contributed by atoms with Gasteiger partial charge >= 0.3 is 5.97 Å². The molecule has 0 saturated heterocycles. The number of halogens is 2. The van der Waals surface area contributed by atoms with E-state index < -0.39 is 23.7 Å². The molecule has 2 N–H and O–H groups in total. The maximum atomic E-state index is 13.2. The van der Waals surface area contributed by atoms with E-state index in [1.165, 1.54) is 31.3 Å². The topological polar surface area (TPSA) is 102 Å². The van der Waals surface area contributed by atoms with E-state index in [2.05, 4.69) is 15.5 Å². The van der Waals surface area contributed by atoms with Gasteiger partial charge in [0.05, 0.1) is 6.54 Å². The Balaban J connectivity index is 1.74. The summed E-state index contributed by atoms with van der Waals surface area (Å²) in [4.78, 5) is 23.7. The molecule has 1 unspecified atom stereocenters. The molecule has 0 radical (unpaired) electrons. The lowest BCUT2D eigenvalue weighted by Crippen LogP contribution is -2.27. The maximum Gasteiger partial charge on any atom is 0.354 e. The first-order valence-electron chi connectivity index (χ1n) is 8.32. The number of aromatic carboxylic acids is 1. The van der Waals surface area contributed by atoms with Gasteiger partial charge in [-0.05, 0) is 37.6 Å². The second-order valence-corrected chi connectivity index (χ2v) is 6.60. The Morgan fingerprint density at radius 3 is 2.75 bits per heavy atom. The quantitative estimate of drug-likeness (QED) is 0.656. The molecule has 0 bridgehead atoms. The summed E-state index contributed by atoms with van der Waals surface area (Å²) in [5, 5.41) is 20.3. The number of carbonyl (C=O) groups excluding carboxylic acids is 1. The Kier molecular flexibility index (Phi) is 5.46. The minimum atomic E-state index is -1.17. The van der Waals surface area contributed by atoms with Gasteiger partial charge in [-0.25, -0.2) is 13.9 Å². The highest BCUT2D eigenvalue weighted by molar-refractivity contribution is 6.31. The average Bonchev–Trinajstić information content (AvgIpc) is 3.24. The van der Waals surface area contributed by atoms with E-state index in [0.29, 0.717) is 17.9 Å². The summed E-state index contributed by atoms with van der Waals surface area (Å²) in [6.45, 7) is 3.65. The Bertz CT molecular complexity index is 1050. The lowest BCUT2D eigenvalue weighted by atomic mass is 10.2. The van der Waals surface area contributed by atoms with Gasteiger partial charge in [0, 0.05) is 23.0 Å². The van der Waals surface area contributed by atoms with E-state index in [1.807, 2.05) is 0 Å². The Morgan fingerprint density at radius 2 is 2.07 bits per heavy atom. The van der Waals surface area contributed by atoms with Crippen molar-refractivity contribution in [2.75, 3.05) is 5.32 Å². The van der Waals surface area contributed by atoms with Crippen molar-refractivity contribution in [1.29, 1.82) is 0 Å². The molecule has 0 fully saturated rings. The van der Waals surface area contributed by atoms with Gasteiger partial charge in [0.2, 0.25) is 5.91 Å². The molecular formula is C18H17ClFN5O3. The molecule has 8 nitrogen and oxygen atoms in total. The van der Waals surface area contributed by atoms with Crippen LogP contribution in [0.15, 0.2) is 36.5 Å². The standard InChI is InChI=1S/C18H17ClFN5O3/c1-10-7-16(23-24(10)9-12-3-4-13(20)8-14(12)19)22-17(26)11(2)25-15(18(27)28)5-6-21-25/h3-8,11H,9H2,1-2H3,(H,27,28)(H,22,23,26). The highest BCUT2D eigenvalue weighted by Crippen LogP contribution is 2.20. The third-order valence-electron chi connectivity index (χ3n) is 4.20. The molecular weight excluding hydrogens is 389 g/mol. The van der Waals surface area contributed by atoms with Crippen molar-refractivity contribution < 1.29 is 19.1 Å². The molecule has 1 amide bonds. The van der Waals surface area contributed by atoms with Crippen molar-refractivity contribution in [3.05, 3.63) is 64.3 Å². The normalized spacial score (nSPS) is 12.0. The van der Waals surface area contributed by atoms with Gasteiger partial charge in [-0.15, -0.1) is 0 Å². The Labute approximate surface area is 164 Å². The first-order chi connectivity index (χ1) is 13.3. The highest BCUT2D eigenvalue weighted by Gasteiger charge is 2.22. The summed E-state index contributed by atoms with van der Waals surface area (Å²) in [7, 11) is 0. The van der Waals surface area contributed by atoms with Crippen LogP contribution in [-0.2, 0) is 11.3 Å². The number of rotatable bonds is 6. The number of aryl methyl sites for hydroxylation is 1. The molecule has 0 aliphatic rings. The van der Waals surface area contributed by atoms with Crippen LogP contribution in [0.4, 0.5) is 10.2 Å². The largest absolute Gasteiger partial charge is 0.477 e. The number of amides is 1. The van der Waals surface area contributed by atoms with Crippen LogP contribution in [0.3, 0.4) is 0 Å². The molecule has 0 saturated carbocycles. The lowest BCUT2D eigenvalue weighted by molar-refractivity contribution is -0.119. The predicted octanol–water partition coefficient (Wildman–Crippen LogP) is 3.13. The Morgan fingerprint density at radius 1 is 1.32 bits per heavy atom. The van der Waals surface area contributed by atoms with Gasteiger partial charge < -0.3 is 10.4 Å². The molecule has 146 valence electrons. The van der Waals surface area contributed by atoms with Crippen LogP contribution in [0, 0.1) is 12.7 Å². The molecule has 1 aromatic carbocycles. The number of carboxylic acids is 1. The monoisotopic (exact) mass is 405 g/mol. The number of anilines is 1. The Hall–Kier alpha value is -3.20. The van der Waals surface area contributed by atoms with Gasteiger partial charge in [0.15, 0.2) is 5.82 Å². The van der Waals surface area contributed by atoms with Gasteiger partial charge in [0.1, 0.15) is 17.6 Å². The van der Waals surface area contributed by atoms with E-state index in [1.54, 1.807) is 23.7 Å². The van der Waals surface area contributed by atoms with Gasteiger partial charge in [-0.3, -0.25) is 9.48 Å². The summed E-state index contributed by atoms with van der Waals surface area (Å²) in [5.74, 6) is -1.76. The van der Waals surface area contributed by atoms with Gasteiger partial charge in [0.25, 0.3) is 0 Å². The van der Waals surface area contributed by atoms with Crippen LogP contribution >= 0.6 is 11.6 Å². The van der Waals surface area contributed by atoms with E-state index in [0.717, 1.165) is 10.4 Å². The molecule has 2 heterocycles. The third-order valence-corrected chi connectivity index (χ3v) is 4.56. The molecule has 1 atom stereocenters. The van der Waals surface area contributed by atoms with Crippen LogP contribution in [0.2, 0.25) is 5.02 Å². The van der Waals surface area contributed by atoms with E-state index in [-0.39, 0.29) is 10.7 Å². The minimum Gasteiger partial charge on any atom is -0.477 e. The number of hydrogen-bond donors (Lipinski definition) is 2. The fourth-order valence-corrected chi connectivity index (χ4v) is 2.90. The highest BCUT2D eigenvalue weighted by atomic mass is 35.5. The zero-order valence-electron chi connectivity index (χ0n) is 15.1. The van der Waals surface area contributed by atoms with Crippen molar-refractivity contribution >= 4 is 29.3 Å². The van der Waals surface area contributed by atoms with Gasteiger partial charge in [-0.2, -0.15) is 10.2 Å². The van der Waals surface area contributed by atoms with Crippen molar-refractivity contribution in [3.63, 3.8) is 0 Å². The number of nitrogens with one attached hydrogen (secondary N) is 1. The van der Waals surface area contributed by atoms with Crippen LogP contribution in [-0.4, -0.2) is 36.5 Å². The van der Waals surface area contributed by atoms with Crippen LogP contribution in [0.25, 0.3) is 0 Å². The number of nitrogens with zero attached hydrogens (tertiary/aromatic N) is 4. The van der Waals surface area contributed by atoms with E-state index in [9.17, 15) is 14.0 Å². The van der Waals surface area contributed by atoms with E-state index in [4.69, 9.17) is 16.7 Å². The molecule has 10 heteroatoms. The molecule has 0 spiro atoms. The fourth-order valence-electron chi connectivity index (χ4n) is 2.68. The number of benzene rings is 1. The van der Waals surface area contributed by atoms with Crippen molar-refractivity contribution in [1.82, 2.24) is 19.6 Å². The number of carbonyl (C=O) groups is 2. The number of aromatic nitrogens is 4. The molecule has 28 heavy (non-hydrogen) atoms. The van der Waals surface area contributed by atoms with Crippen molar-refractivity contribution in [2.45, 2.75) is 26.4 Å². The molecule has 3 rings (SSSR count). The van der Waals surface area contributed by atoms with Crippen LogP contribution < -0.4 is 5.32 Å². The first-order valence-corrected chi connectivity index (χ1v) is 8.70. The molecule has 3 aromatic rings. The van der Waals surface area contributed by atoms with Crippen molar-refractivity contribution in [3.8, 4) is 0 Å². The summed E-state index contributed by atoms with van der Waals surface area (Å²) >= 11 is 6.05. The third kappa shape index (κ3) is 4.04. The zero-order valence-corrected chi connectivity index (χ0v) is 15.8. The first kappa shape index (κ1) is 19.6. The van der Waals surface area contributed by atoms with Gasteiger partial charge in [-0.1, -0.05) is 17.7 Å². The predicted molar refractivity (Wildman–Crippen MR) is 100 cm³/mol. The summed E-state index contributed by atoms with van der Waals surface area (Å²) < 4.78 is 15.9. The molecule has 0 aliphatic carbocycles. The van der Waals surface area contributed by atoms with Crippen molar-refractivity contribution in [2.24, 2.45) is 0 Å². The smallest absolute Gasteiger partial charge is 0.354 e. The lowest BCUT2D eigenvalue weighted by Gasteiger charge is -2.13. The summed E-state index contributed by atoms with van der Waals surface area (Å²) in [5.41, 5.74) is 1.35.